The maximum atomic E-state index is 4.95. The van der Waals surface area contributed by atoms with Crippen molar-refractivity contribution in [2.45, 2.75) is 58.3 Å². The molecule has 0 unspecified atom stereocenters. The molecule has 2 saturated heterocycles. The van der Waals surface area contributed by atoms with E-state index in [1.807, 2.05) is 0 Å². The van der Waals surface area contributed by atoms with E-state index in [4.69, 9.17) is 4.98 Å². The number of aryl methyl sites for hydroxylation is 1. The van der Waals surface area contributed by atoms with Crippen LogP contribution in [-0.4, -0.2) is 51.1 Å². The second-order valence-corrected chi connectivity index (χ2v) is 7.24. The lowest BCUT2D eigenvalue weighted by Gasteiger charge is -2.42. The first-order valence-corrected chi connectivity index (χ1v) is 9.18. The van der Waals surface area contributed by atoms with Crippen LogP contribution in [0.1, 0.15) is 38.9 Å². The highest BCUT2D eigenvalue weighted by molar-refractivity contribution is 5.75. The Kier molecular flexibility index (Phi) is 4.12. The zero-order valence-corrected chi connectivity index (χ0v) is 14.4. The van der Waals surface area contributed by atoms with Crippen LogP contribution < -0.4 is 0 Å². The molecule has 0 saturated carbocycles. The molecule has 0 aliphatic carbocycles. The number of aromatic nitrogens is 2. The van der Waals surface area contributed by atoms with Gasteiger partial charge in [-0.05, 0) is 44.9 Å². The number of para-hydroxylation sites is 2. The largest absolute Gasteiger partial charge is 0.327 e. The molecule has 0 radical (unpaired) electrons. The molecular formula is C19H28N4. The van der Waals surface area contributed by atoms with E-state index in [1.54, 1.807) is 0 Å². The van der Waals surface area contributed by atoms with Crippen LogP contribution in [0.15, 0.2) is 24.3 Å². The van der Waals surface area contributed by atoms with Crippen LogP contribution in [0.3, 0.4) is 0 Å². The van der Waals surface area contributed by atoms with E-state index in [0.29, 0.717) is 6.04 Å². The fourth-order valence-electron chi connectivity index (χ4n) is 4.37. The highest BCUT2D eigenvalue weighted by atomic mass is 15.3. The van der Waals surface area contributed by atoms with Crippen LogP contribution in [0, 0.1) is 0 Å². The van der Waals surface area contributed by atoms with E-state index >= 15 is 0 Å². The molecule has 2 aromatic rings. The lowest BCUT2D eigenvalue weighted by molar-refractivity contribution is 0.0516. The summed E-state index contributed by atoms with van der Waals surface area (Å²) in [6, 6.07) is 9.97. The molecule has 1 aromatic heterocycles. The Hall–Kier alpha value is -1.39. The molecule has 0 spiro atoms. The molecule has 2 atom stereocenters. The van der Waals surface area contributed by atoms with Crippen molar-refractivity contribution in [1.82, 2.24) is 19.4 Å². The number of fused-ring (bicyclic) bond motifs is 2. The van der Waals surface area contributed by atoms with Gasteiger partial charge in [-0.3, -0.25) is 9.80 Å². The molecule has 1 aromatic carbocycles. The number of piperazine rings is 1. The van der Waals surface area contributed by atoms with Crippen molar-refractivity contribution in [1.29, 1.82) is 0 Å². The third kappa shape index (κ3) is 2.79. The van der Waals surface area contributed by atoms with E-state index in [1.165, 1.54) is 43.8 Å². The van der Waals surface area contributed by atoms with Gasteiger partial charge >= 0.3 is 0 Å². The third-order valence-electron chi connectivity index (χ3n) is 5.59. The average molecular weight is 312 g/mol. The molecule has 0 amide bonds. The van der Waals surface area contributed by atoms with Gasteiger partial charge in [-0.25, -0.2) is 4.98 Å². The average Bonchev–Trinajstić information content (AvgIpc) is 3.13. The lowest BCUT2D eigenvalue weighted by Crippen LogP contribution is -2.54. The summed E-state index contributed by atoms with van der Waals surface area (Å²) in [4.78, 5) is 10.3. The second kappa shape index (κ2) is 6.25. The minimum atomic E-state index is 0.624. The summed E-state index contributed by atoms with van der Waals surface area (Å²) in [6.45, 7) is 10.4. The van der Waals surface area contributed by atoms with E-state index in [-0.39, 0.29) is 0 Å². The predicted octanol–water partition coefficient (Wildman–Crippen LogP) is 3.11. The molecule has 0 bridgehead atoms. The quantitative estimate of drug-likeness (QED) is 0.867. The zero-order chi connectivity index (χ0) is 15.8. The smallest absolute Gasteiger partial charge is 0.124 e. The molecule has 2 aliphatic rings. The van der Waals surface area contributed by atoms with Crippen molar-refractivity contribution in [2.24, 2.45) is 0 Å². The molecule has 124 valence electrons. The molecule has 4 heteroatoms. The number of nitrogens with zero attached hydrogens (tertiary/aromatic N) is 4. The second-order valence-electron chi connectivity index (χ2n) is 7.24. The molecule has 2 aliphatic heterocycles. The van der Waals surface area contributed by atoms with Gasteiger partial charge in [-0.2, -0.15) is 0 Å². The highest BCUT2D eigenvalue weighted by Crippen LogP contribution is 2.26. The van der Waals surface area contributed by atoms with Crippen LogP contribution >= 0.6 is 0 Å². The first kappa shape index (κ1) is 15.2. The van der Waals surface area contributed by atoms with Gasteiger partial charge in [0.1, 0.15) is 5.82 Å². The predicted molar refractivity (Wildman–Crippen MR) is 94.5 cm³/mol. The Balaban J connectivity index is 1.60. The van der Waals surface area contributed by atoms with Crippen LogP contribution in [0.2, 0.25) is 0 Å². The number of imidazole rings is 1. The fourth-order valence-corrected chi connectivity index (χ4v) is 4.37. The SMILES string of the molecule is CCCn1c(CN2C[C@@H]3CCCN3C[C@@H]2C)nc2ccccc21. The molecule has 4 rings (SSSR count). The number of rotatable bonds is 4. The van der Waals surface area contributed by atoms with Gasteiger partial charge in [0.25, 0.3) is 0 Å². The van der Waals surface area contributed by atoms with Crippen LogP contribution in [0.4, 0.5) is 0 Å². The number of benzene rings is 1. The summed E-state index contributed by atoms with van der Waals surface area (Å²) in [6.07, 6.45) is 3.90. The van der Waals surface area contributed by atoms with Gasteiger partial charge in [0.2, 0.25) is 0 Å². The van der Waals surface area contributed by atoms with Gasteiger partial charge in [0.05, 0.1) is 17.6 Å². The van der Waals surface area contributed by atoms with Gasteiger partial charge in [-0.1, -0.05) is 19.1 Å². The van der Waals surface area contributed by atoms with Gasteiger partial charge in [0, 0.05) is 31.7 Å². The van der Waals surface area contributed by atoms with Crippen LogP contribution in [0.5, 0.6) is 0 Å². The Morgan fingerprint density at radius 3 is 2.96 bits per heavy atom. The molecule has 3 heterocycles. The number of hydrogen-bond acceptors (Lipinski definition) is 3. The lowest BCUT2D eigenvalue weighted by atomic mass is 10.1. The van der Waals surface area contributed by atoms with Gasteiger partial charge in [-0.15, -0.1) is 0 Å². The van der Waals surface area contributed by atoms with Crippen LogP contribution in [-0.2, 0) is 13.1 Å². The normalized spacial score (nSPS) is 26.0. The maximum absolute atomic E-state index is 4.95. The first-order chi connectivity index (χ1) is 11.3. The van der Waals surface area contributed by atoms with Crippen molar-refractivity contribution >= 4 is 11.0 Å². The minimum Gasteiger partial charge on any atom is -0.327 e. The van der Waals surface area contributed by atoms with Gasteiger partial charge in [0.15, 0.2) is 0 Å². The summed E-state index contributed by atoms with van der Waals surface area (Å²) < 4.78 is 2.43. The standard InChI is InChI=1S/C19H28N4/c1-3-10-23-18-9-5-4-8-17(18)20-19(23)14-22-13-16-7-6-11-21(16)12-15(22)2/h4-5,8-9,15-16H,3,6-7,10-14H2,1-2H3/t15-,16-/m0/s1. The molecule has 4 nitrogen and oxygen atoms in total. The Morgan fingerprint density at radius 1 is 1.22 bits per heavy atom. The molecular weight excluding hydrogens is 284 g/mol. The topological polar surface area (TPSA) is 24.3 Å². The Morgan fingerprint density at radius 2 is 2.09 bits per heavy atom. The van der Waals surface area contributed by atoms with E-state index in [9.17, 15) is 0 Å². The number of hydrogen-bond donors (Lipinski definition) is 0. The Bertz CT molecular complexity index is 677. The zero-order valence-electron chi connectivity index (χ0n) is 14.4. The summed E-state index contributed by atoms with van der Waals surface area (Å²) in [7, 11) is 0. The van der Waals surface area contributed by atoms with Crippen molar-refractivity contribution in [3.63, 3.8) is 0 Å². The fraction of sp³-hybridized carbons (Fsp3) is 0.632. The van der Waals surface area contributed by atoms with Crippen molar-refractivity contribution in [3.8, 4) is 0 Å². The first-order valence-electron chi connectivity index (χ1n) is 9.18. The summed E-state index contributed by atoms with van der Waals surface area (Å²) in [5, 5.41) is 0. The van der Waals surface area contributed by atoms with Crippen LogP contribution in [0.25, 0.3) is 11.0 Å². The van der Waals surface area contributed by atoms with E-state index in [0.717, 1.165) is 31.1 Å². The molecule has 2 fully saturated rings. The maximum Gasteiger partial charge on any atom is 0.124 e. The van der Waals surface area contributed by atoms with E-state index < -0.39 is 0 Å². The minimum absolute atomic E-state index is 0.624. The third-order valence-corrected chi connectivity index (χ3v) is 5.59. The van der Waals surface area contributed by atoms with Crippen molar-refractivity contribution in [2.75, 3.05) is 19.6 Å². The van der Waals surface area contributed by atoms with Crippen molar-refractivity contribution < 1.29 is 0 Å². The van der Waals surface area contributed by atoms with Crippen molar-refractivity contribution in [3.05, 3.63) is 30.1 Å². The molecule has 0 N–H and O–H groups in total. The summed E-state index contributed by atoms with van der Waals surface area (Å²) in [5.74, 6) is 1.24. The summed E-state index contributed by atoms with van der Waals surface area (Å²) >= 11 is 0. The monoisotopic (exact) mass is 312 g/mol. The molecule has 23 heavy (non-hydrogen) atoms. The Labute approximate surface area is 139 Å². The van der Waals surface area contributed by atoms with Gasteiger partial charge < -0.3 is 4.57 Å². The summed E-state index contributed by atoms with van der Waals surface area (Å²) in [5.41, 5.74) is 2.43. The van der Waals surface area contributed by atoms with E-state index in [2.05, 4.69) is 52.5 Å². The highest BCUT2D eigenvalue weighted by Gasteiger charge is 2.34.